The number of nitrogens with one attached hydrogen (secondary N) is 2. The predicted molar refractivity (Wildman–Crippen MR) is 140 cm³/mol. The van der Waals surface area contributed by atoms with Crippen molar-refractivity contribution >= 4 is 11.6 Å². The number of amides is 1. The number of benzene rings is 2. The molecule has 2 aromatic carbocycles. The van der Waals surface area contributed by atoms with E-state index in [1.807, 2.05) is 51.2 Å². The Balaban J connectivity index is 1.78. The highest BCUT2D eigenvalue weighted by Crippen LogP contribution is 2.26. The van der Waals surface area contributed by atoms with Crippen LogP contribution in [0, 0.1) is 12.8 Å². The van der Waals surface area contributed by atoms with Crippen molar-refractivity contribution in [3.8, 4) is 5.69 Å². The zero-order valence-electron chi connectivity index (χ0n) is 21.4. The van der Waals surface area contributed by atoms with Gasteiger partial charge in [0.15, 0.2) is 0 Å². The lowest BCUT2D eigenvalue weighted by Crippen LogP contribution is -2.42. The van der Waals surface area contributed by atoms with Crippen molar-refractivity contribution in [2.45, 2.75) is 66.0 Å². The lowest BCUT2D eigenvalue weighted by atomic mass is 9.91. The van der Waals surface area contributed by atoms with Crippen molar-refractivity contribution in [3.63, 3.8) is 0 Å². The third kappa shape index (κ3) is 5.33. The highest BCUT2D eigenvalue weighted by Gasteiger charge is 2.24. The molecule has 0 spiro atoms. The normalized spacial score (nSPS) is 14.1. The van der Waals surface area contributed by atoms with Crippen molar-refractivity contribution in [3.05, 3.63) is 81.8 Å². The summed E-state index contributed by atoms with van der Waals surface area (Å²) in [6, 6.07) is 17.6. The molecule has 6 nitrogen and oxygen atoms in total. The van der Waals surface area contributed by atoms with Gasteiger partial charge in [0.2, 0.25) is 5.91 Å². The van der Waals surface area contributed by atoms with Crippen molar-refractivity contribution < 1.29 is 4.79 Å². The number of carbonyl (C=O) groups is 1. The number of rotatable bonds is 9. The molecule has 3 atom stereocenters. The average Bonchev–Trinajstić information content (AvgIpc) is 3.05. The summed E-state index contributed by atoms with van der Waals surface area (Å²) in [5.41, 5.74) is 4.01. The van der Waals surface area contributed by atoms with Crippen LogP contribution in [-0.4, -0.2) is 21.3 Å². The van der Waals surface area contributed by atoms with Gasteiger partial charge >= 0.3 is 0 Å². The second-order valence-corrected chi connectivity index (χ2v) is 9.51. The van der Waals surface area contributed by atoms with Crippen molar-refractivity contribution in [1.82, 2.24) is 14.7 Å². The molecule has 0 bridgehead atoms. The van der Waals surface area contributed by atoms with Crippen LogP contribution >= 0.6 is 0 Å². The number of carbonyl (C=O) groups excluding carboxylic acids is 1. The van der Waals surface area contributed by atoms with Gasteiger partial charge in [-0.3, -0.25) is 19.6 Å². The van der Waals surface area contributed by atoms with Gasteiger partial charge in [0.05, 0.1) is 17.4 Å². The first-order valence-corrected chi connectivity index (χ1v) is 12.2. The second kappa shape index (κ2) is 10.9. The quantitative estimate of drug-likeness (QED) is 0.453. The summed E-state index contributed by atoms with van der Waals surface area (Å²) in [6.07, 6.45) is 1.10. The summed E-state index contributed by atoms with van der Waals surface area (Å²) in [5.74, 6) is 0.588. The van der Waals surface area contributed by atoms with Crippen molar-refractivity contribution in [1.29, 1.82) is 0 Å². The minimum Gasteiger partial charge on any atom is -0.319 e. The number of aromatic nitrogens is 2. The smallest absolute Gasteiger partial charge is 0.295 e. The highest BCUT2D eigenvalue weighted by atomic mass is 16.2. The Morgan fingerprint density at radius 3 is 2.09 bits per heavy atom. The van der Waals surface area contributed by atoms with Gasteiger partial charge in [-0.25, -0.2) is 4.68 Å². The summed E-state index contributed by atoms with van der Waals surface area (Å²) >= 11 is 0. The topological polar surface area (TPSA) is 68.1 Å². The van der Waals surface area contributed by atoms with Crippen molar-refractivity contribution in [2.75, 3.05) is 5.32 Å². The molecule has 1 amide bonds. The lowest BCUT2D eigenvalue weighted by molar-refractivity contribution is -0.118. The molecular formula is C28H38N4O2. The maximum absolute atomic E-state index is 13.1. The fourth-order valence-corrected chi connectivity index (χ4v) is 4.23. The van der Waals surface area contributed by atoms with Crippen LogP contribution in [0.25, 0.3) is 5.69 Å². The van der Waals surface area contributed by atoms with Gasteiger partial charge in [0.25, 0.3) is 5.56 Å². The Labute approximate surface area is 203 Å². The molecule has 2 N–H and O–H groups in total. The lowest BCUT2D eigenvalue weighted by Gasteiger charge is -2.27. The molecule has 6 heteroatoms. The molecule has 34 heavy (non-hydrogen) atoms. The first-order valence-electron chi connectivity index (χ1n) is 12.2. The summed E-state index contributed by atoms with van der Waals surface area (Å²) in [7, 11) is 1.82. The third-order valence-electron chi connectivity index (χ3n) is 6.77. The first-order chi connectivity index (χ1) is 16.1. The van der Waals surface area contributed by atoms with Gasteiger partial charge in [-0.1, -0.05) is 70.2 Å². The van der Waals surface area contributed by atoms with Crippen molar-refractivity contribution in [2.24, 2.45) is 13.0 Å². The Morgan fingerprint density at radius 2 is 1.53 bits per heavy atom. The van der Waals surface area contributed by atoms with E-state index < -0.39 is 6.04 Å². The van der Waals surface area contributed by atoms with Gasteiger partial charge < -0.3 is 5.32 Å². The maximum Gasteiger partial charge on any atom is 0.295 e. The monoisotopic (exact) mass is 462 g/mol. The maximum atomic E-state index is 13.1. The van der Waals surface area contributed by atoms with Crippen LogP contribution in [0.5, 0.6) is 0 Å². The van der Waals surface area contributed by atoms with E-state index in [0.29, 0.717) is 23.2 Å². The van der Waals surface area contributed by atoms with Crippen LogP contribution in [-0.2, 0) is 11.8 Å². The van der Waals surface area contributed by atoms with E-state index in [1.165, 1.54) is 5.56 Å². The zero-order valence-corrected chi connectivity index (χ0v) is 21.4. The number of para-hydroxylation sites is 1. The molecule has 0 saturated heterocycles. The molecule has 0 radical (unpaired) electrons. The van der Waals surface area contributed by atoms with Gasteiger partial charge in [0, 0.05) is 13.1 Å². The molecule has 0 aliphatic carbocycles. The van der Waals surface area contributed by atoms with Crippen LogP contribution in [0.2, 0.25) is 0 Å². The number of nitrogens with zero attached hydrogens (tertiary/aromatic N) is 2. The van der Waals surface area contributed by atoms with E-state index in [9.17, 15) is 9.59 Å². The highest BCUT2D eigenvalue weighted by molar-refractivity contribution is 5.95. The Hall–Kier alpha value is -3.12. The van der Waals surface area contributed by atoms with Crippen LogP contribution in [0.15, 0.2) is 59.4 Å². The van der Waals surface area contributed by atoms with E-state index in [-0.39, 0.29) is 17.5 Å². The molecule has 3 rings (SSSR count). The molecule has 3 aromatic rings. The van der Waals surface area contributed by atoms with Gasteiger partial charge in [-0.05, 0) is 55.4 Å². The minimum absolute atomic E-state index is 0.0181. The van der Waals surface area contributed by atoms with E-state index in [1.54, 1.807) is 9.36 Å². The Morgan fingerprint density at radius 1 is 0.941 bits per heavy atom. The molecule has 0 saturated carbocycles. The van der Waals surface area contributed by atoms with Crippen LogP contribution in [0.3, 0.4) is 0 Å². The standard InChI is InChI=1S/C28H38N4O2/c1-8-19(4)22-14-16-23(17-15-22)25(18(2)3)29-20(5)27(33)30-26-21(6)31(7)32(28(26)34)24-12-10-9-11-13-24/h9-20,25,29H,8H2,1-7H3,(H,30,33)/t19-,20-,25-/m0/s1. The molecule has 0 aliphatic rings. The number of hydrogen-bond acceptors (Lipinski definition) is 3. The average molecular weight is 463 g/mol. The summed E-state index contributed by atoms with van der Waals surface area (Å²) in [4.78, 5) is 26.3. The predicted octanol–water partition coefficient (Wildman–Crippen LogP) is 5.31. The Bertz CT molecular complexity index is 1160. The summed E-state index contributed by atoms with van der Waals surface area (Å²) < 4.78 is 3.33. The van der Waals surface area contributed by atoms with E-state index in [4.69, 9.17) is 0 Å². The number of hydrogen-bond donors (Lipinski definition) is 2. The van der Waals surface area contributed by atoms with Gasteiger partial charge in [-0.15, -0.1) is 0 Å². The molecule has 0 aliphatic heterocycles. The SMILES string of the molecule is CC[C@H](C)c1ccc([C@@H](N[C@@H](C)C(=O)Nc2c(C)n(C)n(-c3ccccc3)c2=O)C(C)C)cc1. The number of anilines is 1. The first kappa shape index (κ1) is 25.5. The summed E-state index contributed by atoms with van der Waals surface area (Å²) in [6.45, 7) is 12.4. The van der Waals surface area contributed by atoms with Gasteiger partial charge in [0.1, 0.15) is 5.69 Å². The molecular weight excluding hydrogens is 424 g/mol. The minimum atomic E-state index is -0.481. The molecule has 0 unspecified atom stereocenters. The summed E-state index contributed by atoms with van der Waals surface area (Å²) in [5, 5.41) is 6.36. The zero-order chi connectivity index (χ0) is 25.0. The molecule has 182 valence electrons. The van der Waals surface area contributed by atoms with Gasteiger partial charge in [-0.2, -0.15) is 0 Å². The molecule has 0 fully saturated rings. The van der Waals surface area contributed by atoms with Crippen LogP contribution < -0.4 is 16.2 Å². The molecule has 1 aromatic heterocycles. The third-order valence-corrected chi connectivity index (χ3v) is 6.77. The van der Waals surface area contributed by atoms with E-state index in [0.717, 1.165) is 17.7 Å². The van der Waals surface area contributed by atoms with Crippen LogP contribution in [0.4, 0.5) is 5.69 Å². The van der Waals surface area contributed by atoms with E-state index >= 15 is 0 Å². The van der Waals surface area contributed by atoms with E-state index in [2.05, 4.69) is 62.6 Å². The molecule has 1 heterocycles. The van der Waals surface area contributed by atoms with Crippen LogP contribution in [0.1, 0.15) is 69.8 Å². The second-order valence-electron chi connectivity index (χ2n) is 9.51. The fourth-order valence-electron chi connectivity index (χ4n) is 4.23. The largest absolute Gasteiger partial charge is 0.319 e. The Kier molecular flexibility index (Phi) is 8.15. The fraction of sp³-hybridized carbons (Fsp3) is 0.429.